The lowest BCUT2D eigenvalue weighted by Crippen LogP contribution is -2.62. The fourth-order valence-electron chi connectivity index (χ4n) is 0.936. The Hall–Kier alpha value is -0.360. The summed E-state index contributed by atoms with van der Waals surface area (Å²) >= 11 is 0. The molecule has 0 aliphatic heterocycles. The maximum atomic E-state index is 5.25. The van der Waals surface area contributed by atoms with Crippen molar-refractivity contribution in [1.82, 2.24) is 43.3 Å². The maximum absolute atomic E-state index is 5.25. The van der Waals surface area contributed by atoms with Crippen LogP contribution in [0.15, 0.2) is 0 Å². The van der Waals surface area contributed by atoms with E-state index in [2.05, 4.69) is 43.3 Å². The summed E-state index contributed by atoms with van der Waals surface area (Å²) in [4.78, 5) is 0. The number of nitrogens with one attached hydrogen (secondary N) is 8. The zero-order chi connectivity index (χ0) is 14.0. The van der Waals surface area contributed by atoms with Crippen LogP contribution in [-0.2, 0) is 0 Å². The van der Waals surface area contributed by atoms with E-state index in [1.165, 1.54) is 0 Å². The molecule has 0 saturated carbocycles. The van der Waals surface area contributed by atoms with Crippen LogP contribution in [0.25, 0.3) is 0 Å². The van der Waals surface area contributed by atoms with Crippen LogP contribution in [0, 0.1) is 0 Å². The molecule has 9 nitrogen and oxygen atoms in total. The van der Waals surface area contributed by atoms with Gasteiger partial charge in [-0.1, -0.05) is 0 Å². The Morgan fingerprint density at radius 3 is 1.28 bits per heavy atom. The number of rotatable bonds is 11. The van der Waals surface area contributed by atoms with Gasteiger partial charge in [0.25, 0.3) is 0 Å². The van der Waals surface area contributed by atoms with E-state index in [9.17, 15) is 0 Å². The minimum absolute atomic E-state index is 0.0112. The molecule has 0 fully saturated rings. The quantitative estimate of drug-likeness (QED) is 0.112. The van der Waals surface area contributed by atoms with Crippen molar-refractivity contribution in [3.63, 3.8) is 0 Å². The van der Waals surface area contributed by atoms with Crippen molar-refractivity contribution in [2.45, 2.75) is 52.4 Å². The SMILES string of the molecule is CN[C@@H](C)NN[C@@H](C)NN[C@@H](C)NN[C@@H](C)NN. The molecule has 0 aliphatic carbocycles. The van der Waals surface area contributed by atoms with Gasteiger partial charge < -0.3 is 5.32 Å². The van der Waals surface area contributed by atoms with Gasteiger partial charge in [-0.15, -0.1) is 0 Å². The Labute approximate surface area is 109 Å². The van der Waals surface area contributed by atoms with Crippen molar-refractivity contribution in [3.05, 3.63) is 0 Å². The molecule has 0 radical (unpaired) electrons. The molecule has 0 aromatic carbocycles. The molecule has 0 bridgehead atoms. The van der Waals surface area contributed by atoms with Crippen molar-refractivity contribution in [3.8, 4) is 0 Å². The van der Waals surface area contributed by atoms with Crippen LogP contribution in [0.4, 0.5) is 0 Å². The van der Waals surface area contributed by atoms with E-state index in [1.54, 1.807) is 0 Å². The van der Waals surface area contributed by atoms with Crippen LogP contribution in [0.3, 0.4) is 0 Å². The van der Waals surface area contributed by atoms with Crippen molar-refractivity contribution >= 4 is 0 Å². The van der Waals surface area contributed by atoms with Gasteiger partial charge in [0.15, 0.2) is 0 Å². The van der Waals surface area contributed by atoms with E-state index in [4.69, 9.17) is 5.84 Å². The fourth-order valence-corrected chi connectivity index (χ4v) is 0.936. The molecule has 0 saturated heterocycles. The predicted octanol–water partition coefficient (Wildman–Crippen LogP) is -2.66. The molecule has 0 rings (SSSR count). The minimum Gasteiger partial charge on any atom is -0.304 e. The number of nitrogens with two attached hydrogens (primary N) is 1. The second-order valence-electron chi connectivity index (χ2n) is 4.21. The van der Waals surface area contributed by atoms with Gasteiger partial charge in [-0.25, -0.2) is 38.0 Å². The topological polar surface area (TPSA) is 122 Å². The van der Waals surface area contributed by atoms with Gasteiger partial charge in [0.2, 0.25) is 0 Å². The highest BCUT2D eigenvalue weighted by molar-refractivity contribution is 4.58. The Morgan fingerprint density at radius 2 is 0.944 bits per heavy atom. The standard InChI is InChI=1S/C9H29N9/c1-6(11-5)13-15-8(3)17-18-9(4)16-14-7(2)12-10/h6-9,11-18H,10H2,1-5H3/t6-,7+,8-,9+/m1/s1. The van der Waals surface area contributed by atoms with Gasteiger partial charge in [0, 0.05) is 0 Å². The highest BCUT2D eigenvalue weighted by Crippen LogP contribution is 1.75. The summed E-state index contributed by atoms with van der Waals surface area (Å²) in [5.41, 5.74) is 21.0. The van der Waals surface area contributed by atoms with Gasteiger partial charge in [0.05, 0.1) is 24.7 Å². The molecule has 18 heavy (non-hydrogen) atoms. The fraction of sp³-hybridized carbons (Fsp3) is 1.00. The lowest BCUT2D eigenvalue weighted by molar-refractivity contribution is 0.257. The molecule has 0 aromatic rings. The third-order valence-electron chi connectivity index (χ3n) is 2.23. The molecule has 0 heterocycles. The van der Waals surface area contributed by atoms with Gasteiger partial charge in [0.1, 0.15) is 0 Å². The third-order valence-corrected chi connectivity index (χ3v) is 2.23. The van der Waals surface area contributed by atoms with E-state index < -0.39 is 0 Å². The van der Waals surface area contributed by atoms with E-state index in [-0.39, 0.29) is 24.7 Å². The summed E-state index contributed by atoms with van der Waals surface area (Å²) in [7, 11) is 1.89. The van der Waals surface area contributed by atoms with Crippen LogP contribution in [0.1, 0.15) is 27.7 Å². The molecule has 0 unspecified atom stereocenters. The smallest absolute Gasteiger partial charge is 0.0805 e. The molecule has 0 aliphatic rings. The second kappa shape index (κ2) is 10.6. The summed E-state index contributed by atoms with van der Waals surface area (Å²) in [6.07, 6.45) is 0.285. The first kappa shape index (κ1) is 17.6. The Morgan fingerprint density at radius 1 is 0.611 bits per heavy atom. The Balaban J connectivity index is 3.55. The predicted molar refractivity (Wildman–Crippen MR) is 73.0 cm³/mol. The highest BCUT2D eigenvalue weighted by atomic mass is 15.6. The first-order valence-corrected chi connectivity index (χ1v) is 6.16. The molecular formula is C9H29N9. The van der Waals surface area contributed by atoms with E-state index >= 15 is 0 Å². The molecular weight excluding hydrogens is 234 g/mol. The zero-order valence-electron chi connectivity index (χ0n) is 11.9. The van der Waals surface area contributed by atoms with Gasteiger partial charge in [-0.2, -0.15) is 0 Å². The van der Waals surface area contributed by atoms with Crippen molar-refractivity contribution in [2.24, 2.45) is 5.84 Å². The summed E-state index contributed by atoms with van der Waals surface area (Å²) in [6.45, 7) is 7.88. The molecule has 9 heteroatoms. The molecule has 0 amide bonds. The van der Waals surface area contributed by atoms with E-state index in [0.717, 1.165) is 0 Å². The maximum Gasteiger partial charge on any atom is 0.0805 e. The van der Waals surface area contributed by atoms with Crippen molar-refractivity contribution < 1.29 is 0 Å². The summed E-state index contributed by atoms with van der Waals surface area (Å²) in [5, 5.41) is 3.06. The van der Waals surface area contributed by atoms with Crippen molar-refractivity contribution in [2.75, 3.05) is 7.05 Å². The molecule has 4 atom stereocenters. The first-order chi connectivity index (χ1) is 8.49. The van der Waals surface area contributed by atoms with Crippen LogP contribution in [0.2, 0.25) is 0 Å². The summed E-state index contributed by atoms with van der Waals surface area (Å²) < 4.78 is 0. The number of hydrogen-bond donors (Lipinski definition) is 9. The largest absolute Gasteiger partial charge is 0.304 e. The van der Waals surface area contributed by atoms with Gasteiger partial charge >= 0.3 is 0 Å². The average molecular weight is 263 g/mol. The van der Waals surface area contributed by atoms with E-state index in [1.807, 2.05) is 34.7 Å². The molecule has 0 spiro atoms. The summed E-state index contributed by atoms with van der Waals surface area (Å²) in [6, 6.07) is 0. The lowest BCUT2D eigenvalue weighted by atomic mass is 10.5. The van der Waals surface area contributed by atoms with Crippen molar-refractivity contribution in [1.29, 1.82) is 0 Å². The third kappa shape index (κ3) is 9.65. The van der Waals surface area contributed by atoms with Crippen LogP contribution >= 0.6 is 0 Å². The normalized spacial score (nSPS) is 18.3. The van der Waals surface area contributed by atoms with E-state index in [0.29, 0.717) is 0 Å². The zero-order valence-corrected chi connectivity index (χ0v) is 11.9. The highest BCUT2D eigenvalue weighted by Gasteiger charge is 2.05. The molecule has 10 N–H and O–H groups in total. The van der Waals surface area contributed by atoms with Gasteiger partial charge in [-0.3, -0.25) is 5.84 Å². The number of hydrazine groups is 4. The van der Waals surface area contributed by atoms with Crippen LogP contribution < -0.4 is 49.1 Å². The Kier molecular flexibility index (Phi) is 10.3. The first-order valence-electron chi connectivity index (χ1n) is 6.16. The molecule has 0 aromatic heterocycles. The second-order valence-corrected chi connectivity index (χ2v) is 4.21. The minimum atomic E-state index is -0.0112. The Bertz CT molecular complexity index is 171. The summed E-state index contributed by atoms with van der Waals surface area (Å²) in [5.74, 6) is 5.25. The average Bonchev–Trinajstić information content (AvgIpc) is 2.39. The lowest BCUT2D eigenvalue weighted by Gasteiger charge is -2.24. The van der Waals surface area contributed by atoms with Gasteiger partial charge in [-0.05, 0) is 34.7 Å². The monoisotopic (exact) mass is 263 g/mol. The number of hydrogen-bond acceptors (Lipinski definition) is 9. The van der Waals surface area contributed by atoms with Crippen LogP contribution in [-0.4, -0.2) is 31.7 Å². The molecule has 110 valence electrons. The van der Waals surface area contributed by atoms with Crippen LogP contribution in [0.5, 0.6) is 0 Å².